The normalized spacial score (nSPS) is 11.1. The van der Waals surface area contributed by atoms with Gasteiger partial charge in [-0.15, -0.1) is 0 Å². The van der Waals surface area contributed by atoms with Crippen molar-refractivity contribution in [1.82, 2.24) is 0 Å². The molecule has 0 amide bonds. The summed E-state index contributed by atoms with van der Waals surface area (Å²) in [6.07, 6.45) is 0. The van der Waals surface area contributed by atoms with Crippen LogP contribution in [0.4, 0.5) is 11.4 Å². The Balaban J connectivity index is 2.33. The average Bonchev–Trinajstić information content (AvgIpc) is 2.64. The van der Waals surface area contributed by atoms with Crippen LogP contribution in [0.25, 0.3) is 0 Å². The van der Waals surface area contributed by atoms with Gasteiger partial charge in [-0.1, -0.05) is 91.8 Å². The smallest absolute Gasteiger partial charge is 0.0528 e. The number of benzene rings is 2. The number of hydrogen-bond donors (Lipinski definition) is 2. The molecule has 0 saturated heterocycles. The van der Waals surface area contributed by atoms with E-state index in [-0.39, 0.29) is 0 Å². The topological polar surface area (TPSA) is 24.1 Å². The van der Waals surface area contributed by atoms with Crippen LogP contribution < -0.4 is 10.6 Å². The lowest BCUT2D eigenvalue weighted by Crippen LogP contribution is -2.05. The van der Waals surface area contributed by atoms with Gasteiger partial charge in [-0.2, -0.15) is 0 Å². The summed E-state index contributed by atoms with van der Waals surface area (Å²) in [5, 5.41) is 6.78. The standard InChI is InChI=1S/C26H36N2/c1-17(2)21-11-9-12-22(18(3)4)25(21)27-15-16-28-26-23(19(5)6)13-10-14-24(26)20(7)8/h9-14,17-20,27-28H,1-8H3. The van der Waals surface area contributed by atoms with Gasteiger partial charge in [-0.05, 0) is 45.9 Å². The van der Waals surface area contributed by atoms with E-state index in [4.69, 9.17) is 0 Å². The molecule has 0 fully saturated rings. The van der Waals surface area contributed by atoms with Crippen molar-refractivity contribution in [1.29, 1.82) is 0 Å². The average molecular weight is 377 g/mol. The van der Waals surface area contributed by atoms with E-state index < -0.39 is 0 Å². The van der Waals surface area contributed by atoms with Gasteiger partial charge in [-0.25, -0.2) is 0 Å². The molecule has 0 heterocycles. The van der Waals surface area contributed by atoms with Gasteiger partial charge in [-0.3, -0.25) is 0 Å². The lowest BCUT2D eigenvalue weighted by atomic mass is 9.92. The fourth-order valence-corrected chi connectivity index (χ4v) is 3.58. The molecule has 0 radical (unpaired) electrons. The maximum Gasteiger partial charge on any atom is 0.0528 e. The summed E-state index contributed by atoms with van der Waals surface area (Å²) in [6.45, 7) is 17.8. The van der Waals surface area contributed by atoms with Crippen molar-refractivity contribution in [3.05, 3.63) is 58.7 Å². The Morgan fingerprint density at radius 3 is 0.964 bits per heavy atom. The number of anilines is 2. The van der Waals surface area contributed by atoms with Crippen LogP contribution in [-0.2, 0) is 0 Å². The van der Waals surface area contributed by atoms with Crippen LogP contribution in [0, 0.1) is 12.1 Å². The molecule has 2 aromatic rings. The predicted molar refractivity (Wildman–Crippen MR) is 124 cm³/mol. The lowest BCUT2D eigenvalue weighted by Gasteiger charge is -2.19. The van der Waals surface area contributed by atoms with E-state index in [1.165, 1.54) is 22.3 Å². The minimum atomic E-state index is 0.449. The first kappa shape index (κ1) is 21.9. The van der Waals surface area contributed by atoms with E-state index in [1.54, 1.807) is 0 Å². The van der Waals surface area contributed by atoms with Gasteiger partial charge in [0.25, 0.3) is 0 Å². The second-order valence-corrected chi connectivity index (χ2v) is 8.74. The molecule has 2 N–H and O–H groups in total. The maximum atomic E-state index is 3.39. The van der Waals surface area contributed by atoms with E-state index in [0.717, 1.165) is 11.4 Å². The quantitative estimate of drug-likeness (QED) is 0.400. The molecule has 0 atom stereocenters. The van der Waals surface area contributed by atoms with Gasteiger partial charge in [0.05, 0.1) is 11.4 Å². The molecule has 0 aliphatic heterocycles. The molecule has 0 aliphatic carbocycles. The molecule has 0 aliphatic rings. The molecular weight excluding hydrogens is 340 g/mol. The summed E-state index contributed by atoms with van der Waals surface area (Å²) in [5.41, 5.74) is 7.56. The molecule has 28 heavy (non-hydrogen) atoms. The third kappa shape index (κ3) is 5.10. The molecular formula is C26H36N2. The van der Waals surface area contributed by atoms with Crippen LogP contribution >= 0.6 is 0 Å². The van der Waals surface area contributed by atoms with Gasteiger partial charge < -0.3 is 10.6 Å². The van der Waals surface area contributed by atoms with Crippen LogP contribution in [0.1, 0.15) is 101 Å². The fraction of sp³-hybridized carbons (Fsp3) is 0.462. The summed E-state index contributed by atoms with van der Waals surface area (Å²) in [5.74, 6) is 1.80. The summed E-state index contributed by atoms with van der Waals surface area (Å²) in [6, 6.07) is 19.4. The van der Waals surface area contributed by atoms with Gasteiger partial charge in [0, 0.05) is 12.1 Å². The summed E-state index contributed by atoms with van der Waals surface area (Å²) >= 11 is 0. The van der Waals surface area contributed by atoms with Crippen molar-refractivity contribution in [3.63, 3.8) is 0 Å². The van der Waals surface area contributed by atoms with Crippen LogP contribution in [0.15, 0.2) is 36.4 Å². The second kappa shape index (κ2) is 9.69. The maximum absolute atomic E-state index is 3.39. The van der Waals surface area contributed by atoms with Gasteiger partial charge in [0.15, 0.2) is 0 Å². The lowest BCUT2D eigenvalue weighted by molar-refractivity contribution is 0.838. The summed E-state index contributed by atoms with van der Waals surface area (Å²) in [4.78, 5) is 0. The number of rotatable bonds is 6. The molecule has 0 aromatic heterocycles. The highest BCUT2D eigenvalue weighted by Gasteiger charge is 2.14. The van der Waals surface area contributed by atoms with Gasteiger partial charge in [0.2, 0.25) is 0 Å². The highest BCUT2D eigenvalue weighted by atomic mass is 14.9. The molecule has 2 nitrogen and oxygen atoms in total. The third-order valence-corrected chi connectivity index (χ3v) is 5.18. The van der Waals surface area contributed by atoms with Crippen molar-refractivity contribution in [2.45, 2.75) is 79.1 Å². The first-order chi connectivity index (χ1) is 13.2. The Morgan fingerprint density at radius 2 is 0.750 bits per heavy atom. The first-order valence-corrected chi connectivity index (χ1v) is 10.5. The monoisotopic (exact) mass is 376 g/mol. The van der Waals surface area contributed by atoms with E-state index in [9.17, 15) is 0 Å². The Labute approximate surface area is 172 Å². The molecule has 0 unspecified atom stereocenters. The number of nitrogens with one attached hydrogen (secondary N) is 2. The van der Waals surface area contributed by atoms with E-state index >= 15 is 0 Å². The zero-order valence-electron chi connectivity index (χ0n) is 18.8. The van der Waals surface area contributed by atoms with E-state index in [1.807, 2.05) is 0 Å². The molecule has 2 rings (SSSR count). The zero-order valence-corrected chi connectivity index (χ0v) is 18.8. The number of hydrogen-bond acceptors (Lipinski definition) is 2. The third-order valence-electron chi connectivity index (χ3n) is 5.18. The van der Waals surface area contributed by atoms with Crippen molar-refractivity contribution in [2.24, 2.45) is 0 Å². The SMILES string of the molecule is CC(C)c1cccc(C(C)C)c1NC#CNc1c(C(C)C)cccc1C(C)C. The van der Waals surface area contributed by atoms with Crippen LogP contribution in [0.5, 0.6) is 0 Å². The second-order valence-electron chi connectivity index (χ2n) is 8.74. The molecule has 2 heteroatoms. The van der Waals surface area contributed by atoms with Crippen LogP contribution in [0.2, 0.25) is 0 Å². The summed E-state index contributed by atoms with van der Waals surface area (Å²) < 4.78 is 0. The highest BCUT2D eigenvalue weighted by molar-refractivity contribution is 5.65. The van der Waals surface area contributed by atoms with Crippen molar-refractivity contribution >= 4 is 11.4 Å². The molecule has 2 aromatic carbocycles. The highest BCUT2D eigenvalue weighted by Crippen LogP contribution is 2.33. The minimum Gasteiger partial charge on any atom is -0.313 e. The molecule has 0 bridgehead atoms. The van der Waals surface area contributed by atoms with Crippen LogP contribution in [-0.4, -0.2) is 0 Å². The number of para-hydroxylation sites is 2. The van der Waals surface area contributed by atoms with Crippen LogP contribution in [0.3, 0.4) is 0 Å². The fourth-order valence-electron chi connectivity index (χ4n) is 3.58. The van der Waals surface area contributed by atoms with Crippen molar-refractivity contribution in [2.75, 3.05) is 10.6 Å². The van der Waals surface area contributed by atoms with E-state index in [2.05, 4.69) is 115 Å². The molecule has 0 spiro atoms. The predicted octanol–water partition coefficient (Wildman–Crippen LogP) is 7.62. The molecule has 0 saturated carbocycles. The Kier molecular flexibility index (Phi) is 7.58. The zero-order chi connectivity index (χ0) is 20.8. The van der Waals surface area contributed by atoms with Crippen molar-refractivity contribution in [3.8, 4) is 12.1 Å². The Bertz CT molecular complexity index is 726. The van der Waals surface area contributed by atoms with Crippen molar-refractivity contribution < 1.29 is 0 Å². The summed E-state index contributed by atoms with van der Waals surface area (Å²) in [7, 11) is 0. The molecule has 150 valence electrons. The minimum absolute atomic E-state index is 0.449. The van der Waals surface area contributed by atoms with Gasteiger partial charge >= 0.3 is 0 Å². The first-order valence-electron chi connectivity index (χ1n) is 10.5. The largest absolute Gasteiger partial charge is 0.313 e. The Morgan fingerprint density at radius 1 is 0.500 bits per heavy atom. The van der Waals surface area contributed by atoms with E-state index in [0.29, 0.717) is 23.7 Å². The Hall–Kier alpha value is -2.40. The van der Waals surface area contributed by atoms with Gasteiger partial charge in [0.1, 0.15) is 0 Å².